The van der Waals surface area contributed by atoms with E-state index < -0.39 is 0 Å². The molecule has 4 rings (SSSR count). The van der Waals surface area contributed by atoms with Crippen LogP contribution in [0.25, 0.3) is 5.82 Å². The van der Waals surface area contributed by atoms with Crippen molar-refractivity contribution in [1.82, 2.24) is 40.3 Å². The zero-order chi connectivity index (χ0) is 18.1. The summed E-state index contributed by atoms with van der Waals surface area (Å²) in [5.74, 6) is 2.60. The summed E-state index contributed by atoms with van der Waals surface area (Å²) in [4.78, 5) is 19.1. The minimum absolute atomic E-state index is 0.130. The highest BCUT2D eigenvalue weighted by molar-refractivity contribution is 5.92. The quantitative estimate of drug-likeness (QED) is 0.728. The lowest BCUT2D eigenvalue weighted by Gasteiger charge is -2.24. The van der Waals surface area contributed by atoms with Crippen molar-refractivity contribution in [2.75, 3.05) is 6.54 Å². The van der Waals surface area contributed by atoms with Crippen molar-refractivity contribution < 1.29 is 9.21 Å². The summed E-state index contributed by atoms with van der Waals surface area (Å²) in [6.45, 7) is 5.39. The summed E-state index contributed by atoms with van der Waals surface area (Å²) in [6.07, 6.45) is 3.96. The number of nitrogens with one attached hydrogen (secondary N) is 1. The zero-order valence-corrected chi connectivity index (χ0v) is 14.7. The second-order valence-corrected chi connectivity index (χ2v) is 6.78. The fraction of sp³-hybridized carbons (Fsp3) is 0.500. The first kappa shape index (κ1) is 16.4. The molecule has 3 aromatic rings. The van der Waals surface area contributed by atoms with Gasteiger partial charge in [0.2, 0.25) is 0 Å². The number of aryl methyl sites for hydroxylation is 1. The van der Waals surface area contributed by atoms with Gasteiger partial charge in [0.05, 0.1) is 6.54 Å². The van der Waals surface area contributed by atoms with Crippen LogP contribution in [0, 0.1) is 5.92 Å². The lowest BCUT2D eigenvalue weighted by atomic mass is 10.1. The molecule has 4 heterocycles. The zero-order valence-electron chi connectivity index (χ0n) is 14.7. The summed E-state index contributed by atoms with van der Waals surface area (Å²) in [5, 5.41) is 17.7. The predicted molar refractivity (Wildman–Crippen MR) is 89.4 cm³/mol. The Morgan fingerprint density at radius 1 is 1.42 bits per heavy atom. The molecule has 0 radical (unpaired) electrons. The van der Waals surface area contributed by atoms with Crippen molar-refractivity contribution in [3.8, 4) is 5.82 Å². The number of aromatic amines is 1. The second-order valence-electron chi connectivity index (χ2n) is 6.78. The molecular formula is C16H20N8O2. The van der Waals surface area contributed by atoms with Crippen molar-refractivity contribution >= 4 is 5.91 Å². The van der Waals surface area contributed by atoms with Crippen molar-refractivity contribution in [2.24, 2.45) is 5.92 Å². The lowest BCUT2D eigenvalue weighted by Crippen LogP contribution is -2.36. The molecule has 0 saturated heterocycles. The van der Waals surface area contributed by atoms with Crippen LogP contribution >= 0.6 is 0 Å². The maximum atomic E-state index is 12.7. The van der Waals surface area contributed by atoms with E-state index in [2.05, 4.69) is 44.6 Å². The normalized spacial score (nSPS) is 14.0. The molecule has 1 aliphatic heterocycles. The van der Waals surface area contributed by atoms with Gasteiger partial charge in [-0.2, -0.15) is 9.78 Å². The number of carbonyl (C=O) groups is 1. The van der Waals surface area contributed by atoms with Crippen molar-refractivity contribution in [3.05, 3.63) is 35.4 Å². The van der Waals surface area contributed by atoms with Crippen molar-refractivity contribution in [2.45, 2.75) is 39.7 Å². The van der Waals surface area contributed by atoms with Crippen LogP contribution < -0.4 is 0 Å². The van der Waals surface area contributed by atoms with Crippen LogP contribution in [-0.4, -0.2) is 52.7 Å². The fourth-order valence-electron chi connectivity index (χ4n) is 2.92. The average Bonchev–Trinajstić information content (AvgIpc) is 3.38. The van der Waals surface area contributed by atoms with Crippen LogP contribution in [0.15, 0.2) is 16.8 Å². The molecule has 136 valence electrons. The SMILES string of the molecule is CC(C)CCc1nc2c(o1)CCN(C(=O)c1cc(-n3cnnn3)n[nH]1)C2. The summed E-state index contributed by atoms with van der Waals surface area (Å²) in [7, 11) is 0. The number of carbonyl (C=O) groups excluding carboxylic acids is 1. The van der Waals surface area contributed by atoms with Crippen LogP contribution in [0.5, 0.6) is 0 Å². The summed E-state index contributed by atoms with van der Waals surface area (Å²) < 4.78 is 7.24. The Hall–Kier alpha value is -3.04. The number of hydrogen-bond donors (Lipinski definition) is 1. The monoisotopic (exact) mass is 356 g/mol. The third-order valence-corrected chi connectivity index (χ3v) is 4.37. The molecule has 0 bridgehead atoms. The smallest absolute Gasteiger partial charge is 0.272 e. The van der Waals surface area contributed by atoms with Gasteiger partial charge in [-0.05, 0) is 22.8 Å². The Morgan fingerprint density at radius 2 is 2.31 bits per heavy atom. The number of amides is 1. The molecule has 0 spiro atoms. The molecule has 0 aromatic carbocycles. The van der Waals surface area contributed by atoms with E-state index in [1.807, 2.05) is 0 Å². The minimum Gasteiger partial charge on any atom is -0.445 e. The molecule has 10 heteroatoms. The molecule has 1 N–H and O–H groups in total. The van der Waals surface area contributed by atoms with Crippen LogP contribution in [0.4, 0.5) is 0 Å². The molecule has 0 atom stereocenters. The molecule has 0 unspecified atom stereocenters. The van der Waals surface area contributed by atoms with Gasteiger partial charge in [-0.1, -0.05) is 13.8 Å². The van der Waals surface area contributed by atoms with Crippen LogP contribution in [0.3, 0.4) is 0 Å². The molecule has 3 aromatic heterocycles. The third-order valence-electron chi connectivity index (χ3n) is 4.37. The number of H-pyrrole nitrogens is 1. The molecule has 10 nitrogen and oxygen atoms in total. The summed E-state index contributed by atoms with van der Waals surface area (Å²) >= 11 is 0. The Labute approximate surface area is 149 Å². The number of rotatable bonds is 5. The predicted octanol–water partition coefficient (Wildman–Crippen LogP) is 1.16. The number of tetrazole rings is 1. The van der Waals surface area contributed by atoms with Gasteiger partial charge in [0, 0.05) is 25.5 Å². The Morgan fingerprint density at radius 3 is 3.08 bits per heavy atom. The van der Waals surface area contributed by atoms with E-state index in [-0.39, 0.29) is 5.91 Å². The number of fused-ring (bicyclic) bond motifs is 1. The Kier molecular flexibility index (Phi) is 4.23. The average molecular weight is 356 g/mol. The van der Waals surface area contributed by atoms with E-state index >= 15 is 0 Å². The summed E-state index contributed by atoms with van der Waals surface area (Å²) in [6, 6.07) is 1.63. The maximum absolute atomic E-state index is 12.7. The van der Waals surface area contributed by atoms with E-state index in [0.29, 0.717) is 36.9 Å². The van der Waals surface area contributed by atoms with E-state index in [0.717, 1.165) is 30.2 Å². The first-order valence-corrected chi connectivity index (χ1v) is 8.65. The number of nitrogens with zero attached hydrogens (tertiary/aromatic N) is 7. The number of aromatic nitrogens is 7. The van der Waals surface area contributed by atoms with E-state index in [9.17, 15) is 4.79 Å². The molecule has 1 aliphatic rings. The minimum atomic E-state index is -0.130. The molecular weight excluding hydrogens is 336 g/mol. The first-order valence-electron chi connectivity index (χ1n) is 8.65. The third kappa shape index (κ3) is 3.22. The van der Waals surface area contributed by atoms with E-state index in [1.54, 1.807) is 11.0 Å². The van der Waals surface area contributed by atoms with Crippen LogP contribution in [0.2, 0.25) is 0 Å². The maximum Gasteiger partial charge on any atom is 0.272 e. The molecule has 26 heavy (non-hydrogen) atoms. The molecule has 0 aliphatic carbocycles. The topological polar surface area (TPSA) is 119 Å². The Balaban J connectivity index is 1.45. The summed E-state index contributed by atoms with van der Waals surface area (Å²) in [5.41, 5.74) is 1.24. The number of hydrogen-bond acceptors (Lipinski definition) is 7. The van der Waals surface area contributed by atoms with Gasteiger partial charge in [0.1, 0.15) is 23.5 Å². The van der Waals surface area contributed by atoms with E-state index in [4.69, 9.17) is 4.42 Å². The largest absolute Gasteiger partial charge is 0.445 e. The van der Waals surface area contributed by atoms with Gasteiger partial charge >= 0.3 is 0 Å². The Bertz CT molecular complexity index is 895. The highest BCUT2D eigenvalue weighted by Gasteiger charge is 2.27. The highest BCUT2D eigenvalue weighted by atomic mass is 16.4. The molecule has 0 fully saturated rings. The van der Waals surface area contributed by atoms with E-state index in [1.165, 1.54) is 11.0 Å². The number of oxazole rings is 1. The van der Waals surface area contributed by atoms with Crippen LogP contribution in [-0.2, 0) is 19.4 Å². The second kappa shape index (κ2) is 6.70. The van der Waals surface area contributed by atoms with Gasteiger partial charge in [-0.3, -0.25) is 9.89 Å². The van der Waals surface area contributed by atoms with Crippen molar-refractivity contribution in [1.29, 1.82) is 0 Å². The van der Waals surface area contributed by atoms with Gasteiger partial charge in [-0.25, -0.2) is 4.98 Å². The van der Waals surface area contributed by atoms with Crippen LogP contribution in [0.1, 0.15) is 48.1 Å². The van der Waals surface area contributed by atoms with Gasteiger partial charge in [0.15, 0.2) is 11.7 Å². The van der Waals surface area contributed by atoms with Gasteiger partial charge in [-0.15, -0.1) is 5.10 Å². The first-order chi connectivity index (χ1) is 12.6. The molecule has 1 amide bonds. The van der Waals surface area contributed by atoms with Gasteiger partial charge < -0.3 is 9.32 Å². The van der Waals surface area contributed by atoms with Crippen molar-refractivity contribution in [3.63, 3.8) is 0 Å². The lowest BCUT2D eigenvalue weighted by molar-refractivity contribution is 0.0722. The highest BCUT2D eigenvalue weighted by Crippen LogP contribution is 2.22. The fourth-order valence-corrected chi connectivity index (χ4v) is 2.92. The van der Waals surface area contributed by atoms with Gasteiger partial charge in [0.25, 0.3) is 5.91 Å². The standard InChI is InChI=1S/C16H20N8O2/c1-10(2)3-4-15-18-12-8-23(6-5-13(12)26-15)16(25)11-7-14(20-19-11)24-9-17-21-22-24/h7,9-10H,3-6,8H2,1-2H3,(H,19,20). The molecule has 0 saturated carbocycles.